The van der Waals surface area contributed by atoms with Crippen molar-refractivity contribution in [3.8, 4) is 6.01 Å². The number of hydrazine groups is 1. The van der Waals surface area contributed by atoms with Crippen LogP contribution in [-0.2, 0) is 4.79 Å². The van der Waals surface area contributed by atoms with Crippen LogP contribution in [0.1, 0.15) is 12.8 Å². The maximum absolute atomic E-state index is 11.5. The molecule has 0 radical (unpaired) electrons. The molecule has 1 aliphatic rings. The Balaban J connectivity index is 1.92. The number of nitrogen functional groups attached to an aromatic ring is 1. The molecule has 0 saturated heterocycles. The molecule has 9 nitrogen and oxygen atoms in total. The number of ether oxygens (including phenoxy) is 1. The van der Waals surface area contributed by atoms with E-state index in [0.717, 1.165) is 12.8 Å². The number of carbonyl (C=O) groups is 1. The summed E-state index contributed by atoms with van der Waals surface area (Å²) >= 11 is 0. The lowest BCUT2D eigenvalue weighted by Crippen LogP contribution is -2.31. The van der Waals surface area contributed by atoms with E-state index in [0.29, 0.717) is 6.04 Å². The number of aromatic nitrogens is 3. The van der Waals surface area contributed by atoms with Gasteiger partial charge < -0.3 is 15.4 Å². The quantitative estimate of drug-likeness (QED) is 0.370. The summed E-state index contributed by atoms with van der Waals surface area (Å²) in [6, 6.07) is 0.441. The predicted octanol–water partition coefficient (Wildman–Crippen LogP) is -1.14. The van der Waals surface area contributed by atoms with Crippen LogP contribution in [0.25, 0.3) is 0 Å². The van der Waals surface area contributed by atoms with Crippen molar-refractivity contribution < 1.29 is 9.53 Å². The monoisotopic (exact) mass is 253 g/mol. The van der Waals surface area contributed by atoms with Gasteiger partial charge in [0.25, 0.3) is 0 Å². The largest absolute Gasteiger partial charge is 0.467 e. The molecule has 9 heteroatoms. The molecule has 98 valence electrons. The van der Waals surface area contributed by atoms with Gasteiger partial charge in [-0.25, -0.2) is 5.84 Å². The molecule has 5 N–H and O–H groups in total. The third kappa shape index (κ3) is 3.42. The lowest BCUT2D eigenvalue weighted by atomic mass is 10.5. The minimum atomic E-state index is -0.0980. The first kappa shape index (κ1) is 12.3. The first-order chi connectivity index (χ1) is 8.71. The summed E-state index contributed by atoms with van der Waals surface area (Å²) in [7, 11) is 1.43. The van der Waals surface area contributed by atoms with Gasteiger partial charge in [0, 0.05) is 6.04 Å². The van der Waals surface area contributed by atoms with Gasteiger partial charge in [-0.05, 0) is 12.8 Å². The van der Waals surface area contributed by atoms with Gasteiger partial charge >= 0.3 is 6.01 Å². The molecular weight excluding hydrogens is 238 g/mol. The molecule has 0 atom stereocenters. The highest BCUT2D eigenvalue weighted by Gasteiger charge is 2.23. The van der Waals surface area contributed by atoms with Crippen molar-refractivity contribution in [1.82, 2.24) is 20.3 Å². The summed E-state index contributed by atoms with van der Waals surface area (Å²) in [4.78, 5) is 23.2. The van der Waals surface area contributed by atoms with Crippen molar-refractivity contribution >= 4 is 17.8 Å². The van der Waals surface area contributed by atoms with Gasteiger partial charge in [0.2, 0.25) is 17.8 Å². The zero-order chi connectivity index (χ0) is 13.0. The summed E-state index contributed by atoms with van der Waals surface area (Å²) in [6.07, 6.45) is 2.10. The number of hydrogen-bond acceptors (Lipinski definition) is 8. The van der Waals surface area contributed by atoms with Crippen molar-refractivity contribution in [1.29, 1.82) is 0 Å². The summed E-state index contributed by atoms with van der Waals surface area (Å²) in [5.41, 5.74) is 2.29. The average molecular weight is 253 g/mol. The maximum atomic E-state index is 11.5. The van der Waals surface area contributed by atoms with Crippen molar-refractivity contribution in [3.63, 3.8) is 0 Å². The fourth-order valence-corrected chi connectivity index (χ4v) is 1.26. The van der Waals surface area contributed by atoms with Crippen LogP contribution in [0.4, 0.5) is 11.9 Å². The maximum Gasteiger partial charge on any atom is 0.322 e. The van der Waals surface area contributed by atoms with Crippen LogP contribution >= 0.6 is 0 Å². The van der Waals surface area contributed by atoms with Gasteiger partial charge in [0.15, 0.2) is 0 Å². The van der Waals surface area contributed by atoms with E-state index in [-0.39, 0.29) is 30.4 Å². The molecule has 2 rings (SSSR count). The fourth-order valence-electron chi connectivity index (χ4n) is 1.26. The first-order valence-electron chi connectivity index (χ1n) is 5.51. The van der Waals surface area contributed by atoms with Crippen molar-refractivity contribution in [2.24, 2.45) is 5.84 Å². The minimum absolute atomic E-state index is 0.0910. The first-order valence-corrected chi connectivity index (χ1v) is 5.51. The van der Waals surface area contributed by atoms with Crippen LogP contribution in [0.2, 0.25) is 0 Å². The second-order valence-electron chi connectivity index (χ2n) is 3.81. The van der Waals surface area contributed by atoms with E-state index in [4.69, 9.17) is 10.6 Å². The lowest BCUT2D eigenvalue weighted by molar-refractivity contribution is -0.119. The standard InChI is InChI=1S/C9H15N7O2/c1-18-9-14-7(13-8(15-9)16-10)11-4-6(17)12-5-2-3-5/h5H,2-4,10H2,1H3,(H,12,17)(H2,11,13,14,15,16). The van der Waals surface area contributed by atoms with Gasteiger partial charge in [-0.3, -0.25) is 10.2 Å². The van der Waals surface area contributed by atoms with Crippen LogP contribution < -0.4 is 26.6 Å². The summed E-state index contributed by atoms with van der Waals surface area (Å²) in [5, 5.41) is 5.61. The van der Waals surface area contributed by atoms with Crippen molar-refractivity contribution in [2.75, 3.05) is 24.4 Å². The molecule has 1 amide bonds. The highest BCUT2D eigenvalue weighted by molar-refractivity contribution is 5.80. The minimum Gasteiger partial charge on any atom is -0.467 e. The second kappa shape index (κ2) is 5.45. The topological polar surface area (TPSA) is 127 Å². The zero-order valence-corrected chi connectivity index (χ0v) is 9.93. The Hall–Kier alpha value is -2.16. The molecule has 0 aliphatic heterocycles. The predicted molar refractivity (Wildman–Crippen MR) is 63.8 cm³/mol. The Bertz CT molecular complexity index is 413. The average Bonchev–Trinajstić information content (AvgIpc) is 3.19. The van der Waals surface area contributed by atoms with Crippen molar-refractivity contribution in [3.05, 3.63) is 0 Å². The molecular formula is C9H15N7O2. The normalized spacial score (nSPS) is 13.9. The molecule has 0 spiro atoms. The van der Waals surface area contributed by atoms with Gasteiger partial charge in [-0.2, -0.15) is 15.0 Å². The van der Waals surface area contributed by atoms with Crippen LogP contribution in [0.5, 0.6) is 6.01 Å². The van der Waals surface area contributed by atoms with E-state index in [1.54, 1.807) is 0 Å². The van der Waals surface area contributed by atoms with Crippen LogP contribution in [-0.4, -0.2) is 40.6 Å². The Morgan fingerprint density at radius 3 is 2.72 bits per heavy atom. The van der Waals surface area contributed by atoms with E-state index >= 15 is 0 Å². The summed E-state index contributed by atoms with van der Waals surface area (Å²) in [5.74, 6) is 5.49. The molecule has 18 heavy (non-hydrogen) atoms. The smallest absolute Gasteiger partial charge is 0.322 e. The lowest BCUT2D eigenvalue weighted by Gasteiger charge is -2.07. The van der Waals surface area contributed by atoms with Gasteiger partial charge in [0.1, 0.15) is 0 Å². The highest BCUT2D eigenvalue weighted by Crippen LogP contribution is 2.18. The third-order valence-electron chi connectivity index (χ3n) is 2.28. The van der Waals surface area contributed by atoms with E-state index in [2.05, 4.69) is 31.0 Å². The Kier molecular flexibility index (Phi) is 3.72. The molecule has 1 aromatic rings. The number of nitrogens with one attached hydrogen (secondary N) is 3. The van der Waals surface area contributed by atoms with E-state index < -0.39 is 0 Å². The number of methoxy groups -OCH3 is 1. The Labute approximate surface area is 104 Å². The number of nitrogens with two attached hydrogens (primary N) is 1. The SMILES string of the molecule is COc1nc(NN)nc(NCC(=O)NC2CC2)n1. The molecule has 1 aliphatic carbocycles. The summed E-state index contributed by atoms with van der Waals surface area (Å²) in [6.45, 7) is 0.0910. The number of hydrogen-bond donors (Lipinski definition) is 4. The molecule has 0 bridgehead atoms. The number of amides is 1. The van der Waals surface area contributed by atoms with Gasteiger partial charge in [-0.15, -0.1) is 0 Å². The third-order valence-corrected chi connectivity index (χ3v) is 2.28. The van der Waals surface area contributed by atoms with E-state index in [9.17, 15) is 4.79 Å². The molecule has 0 aromatic carbocycles. The fraction of sp³-hybridized carbons (Fsp3) is 0.556. The van der Waals surface area contributed by atoms with Gasteiger partial charge in [0.05, 0.1) is 13.7 Å². The number of anilines is 2. The van der Waals surface area contributed by atoms with Crippen LogP contribution in [0, 0.1) is 0 Å². The van der Waals surface area contributed by atoms with E-state index in [1.165, 1.54) is 7.11 Å². The van der Waals surface area contributed by atoms with Crippen molar-refractivity contribution in [2.45, 2.75) is 18.9 Å². The van der Waals surface area contributed by atoms with Gasteiger partial charge in [-0.1, -0.05) is 0 Å². The van der Waals surface area contributed by atoms with E-state index in [1.807, 2.05) is 0 Å². The van der Waals surface area contributed by atoms with Crippen LogP contribution in [0.3, 0.4) is 0 Å². The molecule has 1 fully saturated rings. The molecule has 1 heterocycles. The number of rotatable bonds is 6. The second-order valence-corrected chi connectivity index (χ2v) is 3.81. The molecule has 1 aromatic heterocycles. The Morgan fingerprint density at radius 2 is 2.11 bits per heavy atom. The molecule has 1 saturated carbocycles. The summed E-state index contributed by atoms with van der Waals surface area (Å²) < 4.78 is 4.88. The Morgan fingerprint density at radius 1 is 1.39 bits per heavy atom. The zero-order valence-electron chi connectivity index (χ0n) is 9.93. The highest BCUT2D eigenvalue weighted by atomic mass is 16.5. The van der Waals surface area contributed by atoms with Crippen LogP contribution in [0.15, 0.2) is 0 Å². The number of nitrogens with zero attached hydrogens (tertiary/aromatic N) is 3. The molecule has 0 unspecified atom stereocenters. The number of carbonyl (C=O) groups excluding carboxylic acids is 1.